The number of likely N-dealkylation sites (tertiary alicyclic amines) is 1. The third kappa shape index (κ3) is 4.57. The first-order valence-corrected chi connectivity index (χ1v) is 10.2. The van der Waals surface area contributed by atoms with Crippen LogP contribution in [0.3, 0.4) is 0 Å². The number of fused-ring (bicyclic) bond motifs is 1. The summed E-state index contributed by atoms with van der Waals surface area (Å²) in [6.07, 6.45) is 3.69. The molecule has 158 valence electrons. The van der Waals surface area contributed by atoms with Crippen LogP contribution in [0.4, 0.5) is 4.39 Å². The van der Waals surface area contributed by atoms with Gasteiger partial charge >= 0.3 is 0 Å². The highest BCUT2D eigenvalue weighted by molar-refractivity contribution is 6.30. The zero-order valence-electron chi connectivity index (χ0n) is 16.9. The van der Waals surface area contributed by atoms with E-state index >= 15 is 0 Å². The van der Waals surface area contributed by atoms with Gasteiger partial charge in [-0.25, -0.2) is 14.4 Å². The molecule has 0 unspecified atom stereocenters. The lowest BCUT2D eigenvalue weighted by molar-refractivity contribution is 0.148. The monoisotopic (exact) mass is 431 g/mol. The molecule has 30 heavy (non-hydrogen) atoms. The van der Waals surface area contributed by atoms with E-state index in [1.807, 2.05) is 0 Å². The lowest BCUT2D eigenvalue weighted by Gasteiger charge is -2.29. The van der Waals surface area contributed by atoms with E-state index in [1.54, 1.807) is 25.3 Å². The van der Waals surface area contributed by atoms with Crippen molar-refractivity contribution in [1.29, 1.82) is 0 Å². The van der Waals surface area contributed by atoms with Crippen LogP contribution in [0.2, 0.25) is 5.02 Å². The number of hydrogen-bond acceptors (Lipinski definition) is 6. The highest BCUT2D eigenvalue weighted by atomic mass is 35.5. The molecular weight excluding hydrogens is 409 g/mol. The Labute approximate surface area is 179 Å². The molecule has 0 amide bonds. The second kappa shape index (κ2) is 9.02. The molecule has 1 aromatic heterocycles. The van der Waals surface area contributed by atoms with Crippen LogP contribution >= 0.6 is 11.6 Å². The van der Waals surface area contributed by atoms with Crippen molar-refractivity contribution >= 4 is 22.5 Å². The Bertz CT molecular complexity index is 1050. The molecule has 1 atom stereocenters. The van der Waals surface area contributed by atoms with Crippen LogP contribution in [-0.4, -0.2) is 48.7 Å². The van der Waals surface area contributed by atoms with E-state index in [1.165, 1.54) is 24.9 Å². The molecule has 1 aliphatic heterocycles. The second-order valence-corrected chi connectivity index (χ2v) is 7.89. The third-order valence-electron chi connectivity index (χ3n) is 5.18. The van der Waals surface area contributed by atoms with E-state index in [2.05, 4.69) is 21.9 Å². The summed E-state index contributed by atoms with van der Waals surface area (Å²) in [7, 11) is 3.70. The summed E-state index contributed by atoms with van der Waals surface area (Å²) in [4.78, 5) is 10.8. The van der Waals surface area contributed by atoms with Crippen LogP contribution in [0, 0.1) is 11.7 Å². The summed E-state index contributed by atoms with van der Waals surface area (Å²) in [5, 5.41) is 0.883. The van der Waals surface area contributed by atoms with Gasteiger partial charge in [0.1, 0.15) is 6.33 Å². The topological polar surface area (TPSA) is 56.7 Å². The van der Waals surface area contributed by atoms with Crippen molar-refractivity contribution in [2.45, 2.75) is 12.8 Å². The number of methoxy groups -OCH3 is 1. The van der Waals surface area contributed by atoms with Gasteiger partial charge in [0.25, 0.3) is 0 Å². The van der Waals surface area contributed by atoms with Gasteiger partial charge in [-0.1, -0.05) is 11.6 Å². The summed E-state index contributed by atoms with van der Waals surface area (Å²) in [5.74, 6) is 1.31. The minimum atomic E-state index is -0.571. The average molecular weight is 432 g/mol. The number of ether oxygens (including phenoxy) is 3. The van der Waals surface area contributed by atoms with E-state index in [0.717, 1.165) is 19.5 Å². The second-order valence-electron chi connectivity index (χ2n) is 7.46. The molecule has 0 radical (unpaired) electrons. The van der Waals surface area contributed by atoms with Crippen molar-refractivity contribution in [1.82, 2.24) is 14.9 Å². The Kier molecular flexibility index (Phi) is 6.20. The number of hydrogen-bond donors (Lipinski definition) is 0. The van der Waals surface area contributed by atoms with Gasteiger partial charge in [0, 0.05) is 23.6 Å². The molecule has 1 fully saturated rings. The Morgan fingerprint density at radius 3 is 2.80 bits per heavy atom. The SMILES string of the molecule is COc1cc2c(Oc3ccc(Cl)cc3F)ncnc2cc1OC[C@@H]1CCCN(C)C1. The smallest absolute Gasteiger partial charge is 0.230 e. The first-order chi connectivity index (χ1) is 14.5. The first kappa shape index (κ1) is 20.6. The molecular formula is C22H23ClFN3O3. The molecule has 2 aromatic carbocycles. The molecule has 1 aliphatic rings. The van der Waals surface area contributed by atoms with Crippen LogP contribution in [0.1, 0.15) is 12.8 Å². The van der Waals surface area contributed by atoms with Crippen molar-refractivity contribution < 1.29 is 18.6 Å². The van der Waals surface area contributed by atoms with Crippen LogP contribution in [0.25, 0.3) is 10.9 Å². The van der Waals surface area contributed by atoms with Crippen molar-refractivity contribution in [2.24, 2.45) is 5.92 Å². The van der Waals surface area contributed by atoms with Crippen molar-refractivity contribution in [3.63, 3.8) is 0 Å². The largest absolute Gasteiger partial charge is 0.493 e. The van der Waals surface area contributed by atoms with E-state index in [-0.39, 0.29) is 11.6 Å². The Hall–Kier alpha value is -2.64. The molecule has 0 saturated carbocycles. The van der Waals surface area contributed by atoms with Gasteiger partial charge in [0.15, 0.2) is 23.1 Å². The molecule has 0 N–H and O–H groups in total. The van der Waals surface area contributed by atoms with Gasteiger partial charge in [-0.3, -0.25) is 0 Å². The maximum absolute atomic E-state index is 14.1. The summed E-state index contributed by atoms with van der Waals surface area (Å²) in [6.45, 7) is 2.75. The highest BCUT2D eigenvalue weighted by Crippen LogP contribution is 2.37. The standard InChI is InChI=1S/C22H23ClFN3O3/c1-27-7-3-4-14(11-27)12-29-21-10-18-16(9-20(21)28-2)22(26-13-25-18)30-19-6-5-15(23)8-17(19)24/h5-6,8-10,13-14H,3-4,7,11-12H2,1-2H3/t14-/m1/s1. The van der Waals surface area contributed by atoms with Crippen LogP contribution in [-0.2, 0) is 0 Å². The van der Waals surface area contributed by atoms with E-state index in [4.69, 9.17) is 25.8 Å². The molecule has 2 heterocycles. The molecule has 0 spiro atoms. The summed E-state index contributed by atoms with van der Waals surface area (Å²) in [5.41, 5.74) is 0.617. The fourth-order valence-corrected chi connectivity index (χ4v) is 3.83. The fraction of sp³-hybridized carbons (Fsp3) is 0.364. The summed E-state index contributed by atoms with van der Waals surface area (Å²) in [6, 6.07) is 7.75. The van der Waals surface area contributed by atoms with Gasteiger partial charge in [-0.15, -0.1) is 0 Å². The molecule has 4 rings (SSSR count). The Balaban J connectivity index is 1.60. The van der Waals surface area contributed by atoms with Crippen LogP contribution in [0.15, 0.2) is 36.7 Å². The van der Waals surface area contributed by atoms with Crippen molar-refractivity contribution in [3.8, 4) is 23.1 Å². The number of rotatable bonds is 6. The van der Waals surface area contributed by atoms with Crippen molar-refractivity contribution in [2.75, 3.05) is 33.9 Å². The molecule has 0 bridgehead atoms. The van der Waals surface area contributed by atoms with Crippen LogP contribution < -0.4 is 14.2 Å². The zero-order chi connectivity index (χ0) is 21.1. The third-order valence-corrected chi connectivity index (χ3v) is 5.42. The molecule has 3 aromatic rings. The van der Waals surface area contributed by atoms with E-state index in [9.17, 15) is 4.39 Å². The number of nitrogens with zero attached hydrogens (tertiary/aromatic N) is 3. The molecule has 0 aliphatic carbocycles. The molecule has 6 nitrogen and oxygen atoms in total. The molecule has 1 saturated heterocycles. The normalized spacial score (nSPS) is 17.1. The maximum atomic E-state index is 14.1. The number of piperidine rings is 1. The minimum Gasteiger partial charge on any atom is -0.493 e. The zero-order valence-corrected chi connectivity index (χ0v) is 17.7. The lowest BCUT2D eigenvalue weighted by Crippen LogP contribution is -2.34. The first-order valence-electron chi connectivity index (χ1n) is 9.80. The van der Waals surface area contributed by atoms with Gasteiger partial charge in [-0.2, -0.15) is 0 Å². The van der Waals surface area contributed by atoms with E-state index < -0.39 is 5.82 Å². The van der Waals surface area contributed by atoms with Crippen LogP contribution in [0.5, 0.6) is 23.1 Å². The number of halogens is 2. The summed E-state index contributed by atoms with van der Waals surface area (Å²) >= 11 is 5.81. The Morgan fingerprint density at radius 2 is 2.03 bits per heavy atom. The van der Waals surface area contributed by atoms with Crippen molar-refractivity contribution in [3.05, 3.63) is 47.5 Å². The molecule has 8 heteroatoms. The summed E-state index contributed by atoms with van der Waals surface area (Å²) < 4.78 is 31.5. The fourth-order valence-electron chi connectivity index (χ4n) is 3.67. The number of benzene rings is 2. The Morgan fingerprint density at radius 1 is 1.17 bits per heavy atom. The van der Waals surface area contributed by atoms with Gasteiger partial charge < -0.3 is 19.1 Å². The van der Waals surface area contributed by atoms with E-state index in [0.29, 0.717) is 39.9 Å². The van der Waals surface area contributed by atoms with Gasteiger partial charge in [0.05, 0.1) is 24.6 Å². The predicted octanol–water partition coefficient (Wildman–Crippen LogP) is 4.94. The quantitative estimate of drug-likeness (QED) is 0.550. The predicted molar refractivity (Wildman–Crippen MR) is 113 cm³/mol. The van der Waals surface area contributed by atoms with Gasteiger partial charge in [-0.05, 0) is 50.7 Å². The minimum absolute atomic E-state index is 0.0279. The maximum Gasteiger partial charge on any atom is 0.230 e. The lowest BCUT2D eigenvalue weighted by atomic mass is 9.99. The average Bonchev–Trinajstić information content (AvgIpc) is 2.74. The van der Waals surface area contributed by atoms with Gasteiger partial charge in [0.2, 0.25) is 5.88 Å². The highest BCUT2D eigenvalue weighted by Gasteiger charge is 2.20. The number of aromatic nitrogens is 2.